The molecule has 0 amide bonds. The molecule has 290 valence electrons. The molecule has 14 heteroatoms. The van der Waals surface area contributed by atoms with Gasteiger partial charge in [0, 0.05) is 30.5 Å². The van der Waals surface area contributed by atoms with Crippen molar-refractivity contribution in [3.05, 3.63) is 71.0 Å². The van der Waals surface area contributed by atoms with Gasteiger partial charge in [-0.25, -0.2) is 14.4 Å². The van der Waals surface area contributed by atoms with Gasteiger partial charge in [0.15, 0.2) is 17.6 Å². The second kappa shape index (κ2) is 14.0. The van der Waals surface area contributed by atoms with Crippen LogP contribution < -0.4 is 9.47 Å². The zero-order valence-electron chi connectivity index (χ0n) is 31.8. The lowest BCUT2D eigenvalue weighted by Crippen LogP contribution is -2.74. The summed E-state index contributed by atoms with van der Waals surface area (Å²) in [5.41, 5.74) is -2.31. The van der Waals surface area contributed by atoms with Crippen LogP contribution in [0.2, 0.25) is 0 Å². The Labute approximate surface area is 313 Å². The van der Waals surface area contributed by atoms with Gasteiger partial charge in [0.2, 0.25) is 12.2 Å². The van der Waals surface area contributed by atoms with E-state index >= 15 is 0 Å². The standard InChI is InChI=1S/C40H47NO13/c1-22(42)48-27(21-29(43)51-31(23-12-10-9-11-13-23)35(45)53-37(2,3)4)34(44)49-26-16-17-40(47)28-20-24-14-15-25(50-36(46)54-38(5,6)7)32-30(24)39(40,33(26)52-32)18-19-41(28)8/h9-16,27-28,31,33,47H,17-21H2,1-8H3/t27?,28-,31+,33+,39+,40-/m1/s1. The number of hydrogen-bond acceptors (Lipinski definition) is 14. The molecule has 1 unspecified atom stereocenters. The first-order chi connectivity index (χ1) is 25.2. The van der Waals surface area contributed by atoms with E-state index in [0.29, 0.717) is 30.5 Å². The number of benzene rings is 2. The van der Waals surface area contributed by atoms with Crippen LogP contribution >= 0.6 is 0 Å². The number of aliphatic hydroxyl groups is 1. The van der Waals surface area contributed by atoms with Crippen LogP contribution in [0.5, 0.6) is 11.5 Å². The Bertz CT molecular complexity index is 1880. The lowest BCUT2D eigenvalue weighted by molar-refractivity contribution is -0.182. The van der Waals surface area contributed by atoms with Crippen molar-refractivity contribution in [2.24, 2.45) is 0 Å². The Morgan fingerprint density at radius 1 is 0.926 bits per heavy atom. The molecule has 0 radical (unpaired) electrons. The number of nitrogens with zero attached hydrogens (tertiary/aromatic N) is 1. The number of carbonyl (C=O) groups excluding carboxylic acids is 5. The molecule has 1 N–H and O–H groups in total. The molecule has 2 bridgehead atoms. The van der Waals surface area contributed by atoms with Gasteiger partial charge in [-0.05, 0) is 85.7 Å². The summed E-state index contributed by atoms with van der Waals surface area (Å²) < 4.78 is 39.8. The van der Waals surface area contributed by atoms with Crippen molar-refractivity contribution in [2.45, 2.75) is 121 Å². The number of carbonyl (C=O) groups is 5. The van der Waals surface area contributed by atoms with Crippen molar-refractivity contribution < 1.29 is 62.2 Å². The molecular formula is C40H47NO13. The molecule has 2 aliphatic heterocycles. The minimum atomic E-state index is -1.77. The third-order valence-corrected chi connectivity index (χ3v) is 10.0. The van der Waals surface area contributed by atoms with Crippen LogP contribution in [0.4, 0.5) is 4.79 Å². The van der Waals surface area contributed by atoms with E-state index < -0.39 is 77.0 Å². The smallest absolute Gasteiger partial charge is 0.477 e. The fourth-order valence-corrected chi connectivity index (χ4v) is 7.99. The summed E-state index contributed by atoms with van der Waals surface area (Å²) in [4.78, 5) is 67.5. The minimum Gasteiger partial charge on any atom is -0.477 e. The second-order valence-electron chi connectivity index (χ2n) is 16.2. The van der Waals surface area contributed by atoms with Crippen LogP contribution in [0.3, 0.4) is 0 Å². The maximum atomic E-state index is 13.9. The molecule has 2 aromatic rings. The molecule has 0 aromatic heterocycles. The van der Waals surface area contributed by atoms with Crippen molar-refractivity contribution in [1.82, 2.24) is 4.90 Å². The normalized spacial score (nSPS) is 25.1. The van der Waals surface area contributed by atoms with Crippen molar-refractivity contribution in [1.29, 1.82) is 0 Å². The average Bonchev–Trinajstić information content (AvgIpc) is 3.42. The molecule has 1 saturated heterocycles. The molecule has 1 fully saturated rings. The SMILES string of the molecule is CC(=O)OC(CC(=O)O[C@H](C(=O)OC(C)(C)C)c1ccccc1)C(=O)OC1=CC[C@@]2(O)[C@H]3Cc4ccc(OC(=O)OC(C)(C)C)c5c4[C@@]2(CCN3C)[C@H]1O5. The van der Waals surface area contributed by atoms with Gasteiger partial charge in [-0.1, -0.05) is 36.4 Å². The second-order valence-corrected chi connectivity index (χ2v) is 16.2. The summed E-state index contributed by atoms with van der Waals surface area (Å²) in [5.74, 6) is -3.50. The number of piperidine rings is 1. The molecule has 1 spiro atoms. The zero-order valence-corrected chi connectivity index (χ0v) is 31.8. The maximum absolute atomic E-state index is 13.9. The fraction of sp³-hybridized carbons (Fsp3) is 0.525. The van der Waals surface area contributed by atoms with Gasteiger partial charge in [-0.15, -0.1) is 0 Å². The molecule has 6 rings (SSSR count). The summed E-state index contributed by atoms with van der Waals surface area (Å²) in [6.45, 7) is 11.8. The van der Waals surface area contributed by atoms with E-state index in [1.165, 1.54) is 0 Å². The summed E-state index contributed by atoms with van der Waals surface area (Å²) in [5, 5.41) is 12.6. The Morgan fingerprint density at radius 3 is 2.26 bits per heavy atom. The van der Waals surface area contributed by atoms with E-state index in [9.17, 15) is 29.1 Å². The first-order valence-electron chi connectivity index (χ1n) is 17.9. The largest absolute Gasteiger partial charge is 0.514 e. The lowest BCUT2D eigenvalue weighted by atomic mass is 9.50. The third-order valence-electron chi connectivity index (χ3n) is 10.0. The highest BCUT2D eigenvalue weighted by Crippen LogP contribution is 2.65. The average molecular weight is 750 g/mol. The first kappa shape index (κ1) is 38.8. The molecule has 0 saturated carbocycles. The Kier molecular flexibility index (Phi) is 10.1. The Morgan fingerprint density at radius 2 is 1.61 bits per heavy atom. The van der Waals surface area contributed by atoms with Crippen molar-refractivity contribution in [3.8, 4) is 11.5 Å². The predicted molar refractivity (Wildman–Crippen MR) is 189 cm³/mol. The molecule has 2 heterocycles. The monoisotopic (exact) mass is 749 g/mol. The van der Waals surface area contributed by atoms with Crippen molar-refractivity contribution >= 4 is 30.0 Å². The molecule has 4 aliphatic rings. The Hall–Kier alpha value is -4.95. The fourth-order valence-electron chi connectivity index (χ4n) is 7.99. The highest BCUT2D eigenvalue weighted by Gasteiger charge is 2.72. The quantitative estimate of drug-likeness (QED) is 0.211. The number of esters is 4. The van der Waals surface area contributed by atoms with Gasteiger partial charge in [-0.2, -0.15) is 0 Å². The van der Waals surface area contributed by atoms with Gasteiger partial charge in [0.25, 0.3) is 0 Å². The van der Waals surface area contributed by atoms with Crippen LogP contribution in [0.15, 0.2) is 54.3 Å². The summed E-state index contributed by atoms with van der Waals surface area (Å²) in [6.07, 6.45) is -3.50. The van der Waals surface area contributed by atoms with Gasteiger partial charge in [-0.3, -0.25) is 9.59 Å². The van der Waals surface area contributed by atoms with Crippen LogP contribution in [-0.2, 0) is 54.7 Å². The highest BCUT2D eigenvalue weighted by atomic mass is 16.7. The summed E-state index contributed by atoms with van der Waals surface area (Å²) in [7, 11) is 1.94. The maximum Gasteiger partial charge on any atom is 0.514 e. The third kappa shape index (κ3) is 7.28. The van der Waals surface area contributed by atoms with E-state index in [-0.39, 0.29) is 29.7 Å². The summed E-state index contributed by atoms with van der Waals surface area (Å²) >= 11 is 0. The molecule has 54 heavy (non-hydrogen) atoms. The van der Waals surface area contributed by atoms with Gasteiger partial charge in [0.05, 0.1) is 17.4 Å². The number of ether oxygens (including phenoxy) is 7. The van der Waals surface area contributed by atoms with Gasteiger partial charge < -0.3 is 43.2 Å². The molecule has 14 nitrogen and oxygen atoms in total. The van der Waals surface area contributed by atoms with E-state index in [1.54, 1.807) is 84.0 Å². The minimum absolute atomic E-state index is 0.0293. The predicted octanol–water partition coefficient (Wildman–Crippen LogP) is 4.77. The van der Waals surface area contributed by atoms with Crippen LogP contribution in [0.1, 0.15) is 90.5 Å². The first-order valence-corrected chi connectivity index (χ1v) is 17.9. The van der Waals surface area contributed by atoms with Gasteiger partial charge >= 0.3 is 30.0 Å². The van der Waals surface area contributed by atoms with Gasteiger partial charge in [0.1, 0.15) is 17.0 Å². The van der Waals surface area contributed by atoms with Crippen molar-refractivity contribution in [2.75, 3.05) is 13.6 Å². The van der Waals surface area contributed by atoms with Crippen LogP contribution in [-0.4, -0.2) is 88.7 Å². The number of hydrogen-bond donors (Lipinski definition) is 1. The molecule has 2 aromatic carbocycles. The topological polar surface area (TPSA) is 173 Å². The van der Waals surface area contributed by atoms with E-state index in [4.69, 9.17) is 33.2 Å². The lowest BCUT2D eigenvalue weighted by Gasteiger charge is -2.61. The number of rotatable bonds is 9. The van der Waals surface area contributed by atoms with E-state index in [2.05, 4.69) is 4.90 Å². The highest BCUT2D eigenvalue weighted by molar-refractivity contribution is 5.86. The van der Waals surface area contributed by atoms with Crippen LogP contribution in [0, 0.1) is 0 Å². The number of likely N-dealkylation sites (tertiary alicyclic amines) is 1. The zero-order chi connectivity index (χ0) is 39.4. The molecule has 2 aliphatic carbocycles. The van der Waals surface area contributed by atoms with Crippen LogP contribution in [0.25, 0.3) is 0 Å². The van der Waals surface area contributed by atoms with Crippen molar-refractivity contribution in [3.63, 3.8) is 0 Å². The van der Waals surface area contributed by atoms with E-state index in [1.807, 2.05) is 13.1 Å². The number of likely N-dealkylation sites (N-methyl/N-ethyl adjacent to an activating group) is 1. The Balaban J connectivity index is 1.28. The molecular weight excluding hydrogens is 702 g/mol. The van der Waals surface area contributed by atoms with E-state index in [0.717, 1.165) is 12.5 Å². The summed E-state index contributed by atoms with van der Waals surface area (Å²) in [6, 6.07) is 11.4. The molecule has 6 atom stereocenters.